The number of benzene rings is 3. The van der Waals surface area contributed by atoms with Gasteiger partial charge in [0.1, 0.15) is 5.82 Å². The molecule has 0 aliphatic carbocycles. The van der Waals surface area contributed by atoms with Crippen molar-refractivity contribution in [2.45, 2.75) is 63.8 Å². The average molecular weight is 696 g/mol. The van der Waals surface area contributed by atoms with Crippen LogP contribution in [-0.4, -0.2) is 42.7 Å². The molecule has 0 saturated heterocycles. The molecule has 49 heavy (non-hydrogen) atoms. The van der Waals surface area contributed by atoms with E-state index in [1.165, 1.54) is 19.2 Å². The zero-order chi connectivity index (χ0) is 35.3. The van der Waals surface area contributed by atoms with Gasteiger partial charge >= 0.3 is 5.97 Å². The molecule has 2 aromatic heterocycles. The Kier molecular flexibility index (Phi) is 11.1. The first-order valence-corrected chi connectivity index (χ1v) is 19.7. The van der Waals surface area contributed by atoms with Crippen molar-refractivity contribution in [2.75, 3.05) is 7.11 Å². The molecular formula is C40H43FNO5PSi. The number of hydrogen-bond acceptors (Lipinski definition) is 4. The van der Waals surface area contributed by atoms with Gasteiger partial charge in [-0.3, -0.25) is 9.36 Å². The molecular weight excluding hydrogens is 652 g/mol. The number of hydrogen-bond donors (Lipinski definition) is 1. The van der Waals surface area contributed by atoms with Crippen LogP contribution in [0, 0.1) is 17.7 Å². The first-order valence-electron chi connectivity index (χ1n) is 16.4. The van der Waals surface area contributed by atoms with Crippen molar-refractivity contribution in [3.8, 4) is 23.0 Å². The molecule has 5 aromatic rings. The third kappa shape index (κ3) is 7.22. The predicted octanol–water partition coefficient (Wildman–Crippen LogP) is 8.13. The zero-order valence-corrected chi connectivity index (χ0v) is 30.7. The molecule has 0 amide bonds. The van der Waals surface area contributed by atoms with E-state index in [0.717, 1.165) is 38.3 Å². The molecule has 0 fully saturated rings. The van der Waals surface area contributed by atoms with Crippen molar-refractivity contribution < 1.29 is 27.8 Å². The first-order chi connectivity index (χ1) is 23.4. The van der Waals surface area contributed by atoms with Gasteiger partial charge in [-0.15, -0.1) is 0 Å². The molecule has 0 aliphatic heterocycles. The number of fused-ring (bicyclic) bond motifs is 1. The fourth-order valence-electron chi connectivity index (χ4n) is 6.76. The number of rotatable bonds is 11. The van der Waals surface area contributed by atoms with Crippen LogP contribution in [0.4, 0.5) is 4.39 Å². The molecule has 5 rings (SSSR count). The Bertz CT molecular complexity index is 1950. The average Bonchev–Trinajstić information content (AvgIpc) is 3.41. The van der Waals surface area contributed by atoms with Gasteiger partial charge in [0.15, 0.2) is 5.66 Å². The lowest BCUT2D eigenvalue weighted by molar-refractivity contribution is -0.138. The number of carboxylic acids is 1. The van der Waals surface area contributed by atoms with E-state index in [-0.39, 0.29) is 18.2 Å². The SMILES string of the molecule is CO[PH](=O)[C@H](C(=O)O)C(CC#Cc1c(-c2ccc(F)cc2)c2ccccn2c1C(C)C)O[Si](c1ccccc1)(c1ccccc1)C(C)(C)C. The first kappa shape index (κ1) is 36.0. The molecule has 0 aliphatic rings. The Hall–Kier alpha value is -4.25. The van der Waals surface area contributed by atoms with Gasteiger partial charge in [-0.25, -0.2) is 4.39 Å². The number of carboxylic acid groups (broad SMARTS) is 1. The molecule has 254 valence electrons. The fourth-order valence-corrected chi connectivity index (χ4v) is 12.5. The Morgan fingerprint density at radius 3 is 2.00 bits per heavy atom. The molecule has 6 nitrogen and oxygen atoms in total. The lowest BCUT2D eigenvalue weighted by atomic mass is 9.97. The summed E-state index contributed by atoms with van der Waals surface area (Å²) in [5, 5.41) is 12.0. The Morgan fingerprint density at radius 2 is 1.49 bits per heavy atom. The van der Waals surface area contributed by atoms with Gasteiger partial charge in [0.2, 0.25) is 8.03 Å². The number of halogens is 1. The normalized spacial score (nSPS) is 13.9. The summed E-state index contributed by atoms with van der Waals surface area (Å²) in [5.41, 5.74) is 2.90. The van der Waals surface area contributed by atoms with E-state index in [1.54, 1.807) is 12.1 Å². The summed E-state index contributed by atoms with van der Waals surface area (Å²) in [6.07, 6.45) is 0.896. The lowest BCUT2D eigenvalue weighted by Gasteiger charge is -2.45. The molecule has 3 atom stereocenters. The van der Waals surface area contributed by atoms with E-state index in [1.807, 2.05) is 85.1 Å². The van der Waals surface area contributed by atoms with Crippen LogP contribution in [0.1, 0.15) is 58.2 Å². The molecule has 1 N–H and O–H groups in total. The monoisotopic (exact) mass is 695 g/mol. The maximum Gasteiger partial charge on any atom is 0.318 e. The van der Waals surface area contributed by atoms with E-state index < -0.39 is 39.1 Å². The molecule has 0 bridgehead atoms. The van der Waals surface area contributed by atoms with Gasteiger partial charge in [0, 0.05) is 31.0 Å². The summed E-state index contributed by atoms with van der Waals surface area (Å²) in [6.45, 7) is 10.5. The second kappa shape index (κ2) is 15.1. The van der Waals surface area contributed by atoms with Crippen LogP contribution in [-0.2, 0) is 18.3 Å². The van der Waals surface area contributed by atoms with Gasteiger partial charge in [-0.1, -0.05) is 125 Å². The van der Waals surface area contributed by atoms with Crippen molar-refractivity contribution >= 4 is 38.2 Å². The van der Waals surface area contributed by atoms with Gasteiger partial charge in [0.05, 0.1) is 17.2 Å². The van der Waals surface area contributed by atoms with Gasteiger partial charge in [-0.2, -0.15) is 0 Å². The summed E-state index contributed by atoms with van der Waals surface area (Å²) < 4.78 is 42.0. The van der Waals surface area contributed by atoms with Crippen molar-refractivity contribution in [3.63, 3.8) is 0 Å². The summed E-state index contributed by atoms with van der Waals surface area (Å²) in [7, 11) is -5.11. The van der Waals surface area contributed by atoms with Crippen LogP contribution in [0.2, 0.25) is 5.04 Å². The summed E-state index contributed by atoms with van der Waals surface area (Å²) in [5.74, 6) is 5.17. The van der Waals surface area contributed by atoms with Gasteiger partial charge in [-0.05, 0) is 51.2 Å². The fraction of sp³-hybridized carbons (Fsp3) is 0.275. The minimum Gasteiger partial charge on any atom is -0.481 e. The van der Waals surface area contributed by atoms with Crippen molar-refractivity contribution in [3.05, 3.63) is 126 Å². The third-order valence-corrected chi connectivity index (χ3v) is 15.5. The number of carbonyl (C=O) groups is 1. The highest BCUT2D eigenvalue weighted by Gasteiger charge is 2.53. The standard InChI is InChI=1S/C40H43FNO5PSi/c1-28(2)37-33(36(29-23-25-30(41)26-24-29)34-21-13-14-27-42(34)37)20-15-22-35(38(39(43)44)48(45)46-6)47-49(40(3,4)5,31-16-9-7-10-17-31)32-18-11-8-12-19-32/h7-14,16-19,21,23-28,35,38,48H,22H2,1-6H3,(H,43,44)/t35?,38-/m0/s1. The topological polar surface area (TPSA) is 77.2 Å². The largest absolute Gasteiger partial charge is 0.481 e. The number of aliphatic carboxylic acids is 1. The Labute approximate surface area is 289 Å². The second-order valence-corrected chi connectivity index (χ2v) is 19.3. The van der Waals surface area contributed by atoms with Crippen LogP contribution in [0.25, 0.3) is 16.6 Å². The molecule has 9 heteroatoms. The zero-order valence-electron chi connectivity index (χ0n) is 28.7. The summed E-state index contributed by atoms with van der Waals surface area (Å²) in [6, 6.07) is 32.1. The quantitative estimate of drug-likeness (QED) is 0.0858. The molecule has 0 saturated carbocycles. The number of aromatic nitrogens is 1. The van der Waals surface area contributed by atoms with E-state index in [2.05, 4.69) is 50.9 Å². The second-order valence-electron chi connectivity index (χ2n) is 13.4. The minimum absolute atomic E-state index is 0.0200. The maximum absolute atomic E-state index is 14.0. The van der Waals surface area contributed by atoms with E-state index in [9.17, 15) is 18.9 Å². The highest BCUT2D eigenvalue weighted by Crippen LogP contribution is 2.42. The number of pyridine rings is 1. The molecule has 0 spiro atoms. The molecule has 3 aromatic carbocycles. The van der Waals surface area contributed by atoms with Gasteiger partial charge in [0.25, 0.3) is 8.32 Å². The van der Waals surface area contributed by atoms with Crippen LogP contribution in [0.3, 0.4) is 0 Å². The van der Waals surface area contributed by atoms with Crippen LogP contribution >= 0.6 is 8.03 Å². The van der Waals surface area contributed by atoms with Crippen molar-refractivity contribution in [1.29, 1.82) is 0 Å². The third-order valence-electron chi connectivity index (χ3n) is 8.92. The highest BCUT2D eigenvalue weighted by atomic mass is 31.1. The van der Waals surface area contributed by atoms with E-state index in [0.29, 0.717) is 0 Å². The molecule has 0 radical (unpaired) electrons. The maximum atomic E-state index is 14.0. The van der Waals surface area contributed by atoms with E-state index in [4.69, 9.17) is 8.95 Å². The summed E-state index contributed by atoms with van der Waals surface area (Å²) in [4.78, 5) is 12.9. The summed E-state index contributed by atoms with van der Waals surface area (Å²) >= 11 is 0. The molecule has 2 unspecified atom stereocenters. The van der Waals surface area contributed by atoms with Crippen molar-refractivity contribution in [1.82, 2.24) is 4.40 Å². The lowest BCUT2D eigenvalue weighted by Crippen LogP contribution is -2.68. The minimum atomic E-state index is -3.28. The number of nitrogens with zero attached hydrogens (tertiary/aromatic N) is 1. The smallest absolute Gasteiger partial charge is 0.318 e. The highest BCUT2D eigenvalue weighted by molar-refractivity contribution is 7.41. The van der Waals surface area contributed by atoms with Crippen LogP contribution < -0.4 is 10.4 Å². The van der Waals surface area contributed by atoms with Crippen LogP contribution in [0.15, 0.2) is 109 Å². The van der Waals surface area contributed by atoms with Gasteiger partial charge < -0.3 is 18.5 Å². The Balaban J connectivity index is 1.72. The molecule has 2 heterocycles. The van der Waals surface area contributed by atoms with Crippen molar-refractivity contribution in [2.24, 2.45) is 0 Å². The predicted molar refractivity (Wildman–Crippen MR) is 198 cm³/mol. The van der Waals surface area contributed by atoms with Crippen LogP contribution in [0.5, 0.6) is 0 Å². The Morgan fingerprint density at radius 1 is 0.918 bits per heavy atom. The van der Waals surface area contributed by atoms with E-state index >= 15 is 0 Å².